The van der Waals surface area contributed by atoms with Crippen LogP contribution in [0.15, 0.2) is 22.6 Å². The molecule has 0 amide bonds. The Bertz CT molecular complexity index is 394. The van der Waals surface area contributed by atoms with Crippen LogP contribution in [0.4, 0.5) is 4.39 Å². The zero-order valence-electron chi connectivity index (χ0n) is 5.97. The fourth-order valence-corrected chi connectivity index (χ4v) is 1.06. The fourth-order valence-electron chi connectivity index (χ4n) is 1.06. The quantitative estimate of drug-likeness (QED) is 0.577. The van der Waals surface area contributed by atoms with E-state index in [0.29, 0.717) is 11.1 Å². The highest BCUT2D eigenvalue weighted by molar-refractivity contribution is 5.75. The standard InChI is InChI=1S/C8H6FNO/c1-5-3-2-4-6-7(5)10-8(9)11-6/h2-4H,1H3. The van der Waals surface area contributed by atoms with E-state index in [0.717, 1.165) is 5.56 Å². The summed E-state index contributed by atoms with van der Waals surface area (Å²) in [6, 6.07) is 5.37. The van der Waals surface area contributed by atoms with Gasteiger partial charge < -0.3 is 4.42 Å². The normalized spacial score (nSPS) is 10.7. The molecule has 1 aromatic heterocycles. The molecule has 0 aliphatic rings. The first-order valence-electron chi connectivity index (χ1n) is 3.29. The molecule has 2 rings (SSSR count). The van der Waals surface area contributed by atoms with Crippen LogP contribution in [0, 0.1) is 13.1 Å². The topological polar surface area (TPSA) is 26.0 Å². The maximum Gasteiger partial charge on any atom is 0.382 e. The van der Waals surface area contributed by atoms with E-state index in [2.05, 4.69) is 9.40 Å². The first-order valence-corrected chi connectivity index (χ1v) is 3.29. The lowest BCUT2D eigenvalue weighted by molar-refractivity contribution is 0.355. The average Bonchev–Trinajstić information content (AvgIpc) is 2.31. The minimum Gasteiger partial charge on any atom is -0.415 e. The van der Waals surface area contributed by atoms with Crippen LogP contribution in [0.2, 0.25) is 0 Å². The van der Waals surface area contributed by atoms with Crippen LogP contribution in [-0.4, -0.2) is 4.98 Å². The first-order chi connectivity index (χ1) is 5.27. The molecular formula is C8H6FNO. The van der Waals surface area contributed by atoms with Gasteiger partial charge in [0.25, 0.3) is 0 Å². The summed E-state index contributed by atoms with van der Waals surface area (Å²) in [4.78, 5) is 3.58. The van der Waals surface area contributed by atoms with E-state index < -0.39 is 6.14 Å². The van der Waals surface area contributed by atoms with Crippen LogP contribution in [0.25, 0.3) is 11.1 Å². The van der Waals surface area contributed by atoms with Crippen LogP contribution >= 0.6 is 0 Å². The molecule has 1 heterocycles. The molecule has 2 nitrogen and oxygen atoms in total. The summed E-state index contributed by atoms with van der Waals surface area (Å²) in [6.45, 7) is 1.87. The summed E-state index contributed by atoms with van der Waals surface area (Å²) >= 11 is 0. The molecular weight excluding hydrogens is 145 g/mol. The fraction of sp³-hybridized carbons (Fsp3) is 0.125. The second-order valence-corrected chi connectivity index (χ2v) is 2.39. The Balaban J connectivity index is 2.90. The molecule has 0 bridgehead atoms. The molecule has 56 valence electrons. The van der Waals surface area contributed by atoms with Crippen molar-refractivity contribution in [1.82, 2.24) is 4.98 Å². The Hall–Kier alpha value is -1.38. The van der Waals surface area contributed by atoms with E-state index in [1.807, 2.05) is 19.1 Å². The number of hydrogen-bond donors (Lipinski definition) is 0. The number of aryl methyl sites for hydroxylation is 1. The van der Waals surface area contributed by atoms with Crippen molar-refractivity contribution >= 4 is 11.1 Å². The van der Waals surface area contributed by atoms with Crippen molar-refractivity contribution in [3.63, 3.8) is 0 Å². The van der Waals surface area contributed by atoms with Crippen molar-refractivity contribution < 1.29 is 8.81 Å². The van der Waals surface area contributed by atoms with Gasteiger partial charge in [0.2, 0.25) is 0 Å². The number of hydrogen-bond acceptors (Lipinski definition) is 2. The summed E-state index contributed by atoms with van der Waals surface area (Å²) in [5.74, 6) is 0. The van der Waals surface area contributed by atoms with Crippen molar-refractivity contribution in [3.05, 3.63) is 29.9 Å². The van der Waals surface area contributed by atoms with E-state index in [4.69, 9.17) is 0 Å². The van der Waals surface area contributed by atoms with Crippen molar-refractivity contribution in [2.45, 2.75) is 6.92 Å². The molecule has 0 fully saturated rings. The lowest BCUT2D eigenvalue weighted by atomic mass is 10.2. The van der Waals surface area contributed by atoms with Crippen molar-refractivity contribution in [1.29, 1.82) is 0 Å². The number of nitrogens with zero attached hydrogens (tertiary/aromatic N) is 1. The Morgan fingerprint density at radius 2 is 2.27 bits per heavy atom. The van der Waals surface area contributed by atoms with Gasteiger partial charge in [-0.1, -0.05) is 12.1 Å². The third-order valence-electron chi connectivity index (χ3n) is 1.59. The molecule has 1 aromatic carbocycles. The molecule has 0 saturated heterocycles. The largest absolute Gasteiger partial charge is 0.415 e. The van der Waals surface area contributed by atoms with Gasteiger partial charge in [-0.2, -0.15) is 4.98 Å². The Kier molecular flexibility index (Phi) is 1.18. The van der Waals surface area contributed by atoms with Gasteiger partial charge in [0, 0.05) is 0 Å². The number of benzene rings is 1. The molecule has 0 spiro atoms. The van der Waals surface area contributed by atoms with Gasteiger partial charge >= 0.3 is 6.14 Å². The van der Waals surface area contributed by atoms with Gasteiger partial charge in [-0.05, 0) is 18.6 Å². The lowest BCUT2D eigenvalue weighted by Gasteiger charge is -1.88. The third kappa shape index (κ3) is 0.888. The summed E-state index contributed by atoms with van der Waals surface area (Å²) in [5.41, 5.74) is 2.03. The van der Waals surface area contributed by atoms with Crippen molar-refractivity contribution in [2.24, 2.45) is 0 Å². The highest BCUT2D eigenvalue weighted by atomic mass is 19.1. The number of oxazole rings is 1. The van der Waals surface area contributed by atoms with Crippen molar-refractivity contribution in [3.8, 4) is 0 Å². The van der Waals surface area contributed by atoms with Crippen LogP contribution < -0.4 is 0 Å². The zero-order valence-corrected chi connectivity index (χ0v) is 5.97. The summed E-state index contributed by atoms with van der Waals surface area (Å²) < 4.78 is 17.1. The smallest absolute Gasteiger partial charge is 0.382 e. The molecule has 3 heteroatoms. The van der Waals surface area contributed by atoms with E-state index in [1.54, 1.807) is 6.07 Å². The number of fused-ring (bicyclic) bond motifs is 1. The van der Waals surface area contributed by atoms with Crippen LogP contribution in [-0.2, 0) is 0 Å². The predicted molar refractivity (Wildman–Crippen MR) is 38.7 cm³/mol. The van der Waals surface area contributed by atoms with Crippen molar-refractivity contribution in [2.75, 3.05) is 0 Å². The van der Waals surface area contributed by atoms with Gasteiger partial charge in [-0.3, -0.25) is 0 Å². The molecule has 0 radical (unpaired) electrons. The Labute approximate surface area is 62.7 Å². The monoisotopic (exact) mass is 151 g/mol. The molecule has 2 aromatic rings. The van der Waals surface area contributed by atoms with Crippen LogP contribution in [0.5, 0.6) is 0 Å². The lowest BCUT2D eigenvalue weighted by Crippen LogP contribution is -1.74. The molecule has 0 N–H and O–H groups in total. The minimum absolute atomic E-state index is 0.502. The summed E-state index contributed by atoms with van der Waals surface area (Å²) in [5, 5.41) is 0. The molecule has 0 aliphatic carbocycles. The van der Waals surface area contributed by atoms with E-state index in [9.17, 15) is 4.39 Å². The van der Waals surface area contributed by atoms with Gasteiger partial charge in [0.1, 0.15) is 5.52 Å². The zero-order chi connectivity index (χ0) is 7.84. The van der Waals surface area contributed by atoms with Gasteiger partial charge in [-0.15, -0.1) is 4.39 Å². The number of halogens is 1. The maximum atomic E-state index is 12.4. The van der Waals surface area contributed by atoms with Gasteiger partial charge in [0.15, 0.2) is 5.58 Å². The molecule has 0 aliphatic heterocycles. The highest BCUT2D eigenvalue weighted by Gasteiger charge is 2.04. The predicted octanol–water partition coefficient (Wildman–Crippen LogP) is 2.28. The Morgan fingerprint density at radius 3 is 3.00 bits per heavy atom. The molecule has 0 unspecified atom stereocenters. The Morgan fingerprint density at radius 1 is 1.45 bits per heavy atom. The first kappa shape index (κ1) is 6.34. The number of rotatable bonds is 0. The van der Waals surface area contributed by atoms with Crippen LogP contribution in [0.1, 0.15) is 5.56 Å². The third-order valence-corrected chi connectivity index (χ3v) is 1.59. The highest BCUT2D eigenvalue weighted by Crippen LogP contribution is 2.17. The SMILES string of the molecule is Cc1cccc2oc(F)nc12. The minimum atomic E-state index is -0.769. The maximum absolute atomic E-state index is 12.4. The number of para-hydroxylation sites is 1. The van der Waals surface area contributed by atoms with E-state index in [1.165, 1.54) is 0 Å². The van der Waals surface area contributed by atoms with Gasteiger partial charge in [-0.25, -0.2) is 0 Å². The van der Waals surface area contributed by atoms with E-state index >= 15 is 0 Å². The second-order valence-electron chi connectivity index (χ2n) is 2.39. The average molecular weight is 151 g/mol. The van der Waals surface area contributed by atoms with Crippen LogP contribution in [0.3, 0.4) is 0 Å². The summed E-state index contributed by atoms with van der Waals surface area (Å²) in [7, 11) is 0. The molecule has 0 saturated carbocycles. The molecule has 0 atom stereocenters. The van der Waals surface area contributed by atoms with E-state index in [-0.39, 0.29) is 0 Å². The van der Waals surface area contributed by atoms with Gasteiger partial charge in [0.05, 0.1) is 0 Å². The molecule has 11 heavy (non-hydrogen) atoms. The number of aromatic nitrogens is 1. The second kappa shape index (κ2) is 2.05. The summed E-state index contributed by atoms with van der Waals surface area (Å²) in [6.07, 6.45) is -0.769.